The molecule has 3 fully saturated rings. The lowest BCUT2D eigenvalue weighted by Gasteiger charge is -2.34. The van der Waals surface area contributed by atoms with Gasteiger partial charge < -0.3 is 78.2 Å². The summed E-state index contributed by atoms with van der Waals surface area (Å²) in [4.78, 5) is 196. The number of H-pyrrole nitrogens is 2. The summed E-state index contributed by atoms with van der Waals surface area (Å²) in [5, 5.41) is 42.6. The van der Waals surface area contributed by atoms with Gasteiger partial charge in [0.1, 0.15) is 60.4 Å². The minimum absolute atomic E-state index is 0.0372. The molecule has 10 atom stereocenters. The summed E-state index contributed by atoms with van der Waals surface area (Å²) in [6, 6.07) is 15.9. The first-order chi connectivity index (χ1) is 47.0. The van der Waals surface area contributed by atoms with Crippen molar-refractivity contribution in [3.63, 3.8) is 0 Å². The third kappa shape index (κ3) is 18.8. The number of aromatic nitrogens is 2. The molecule has 0 saturated carbocycles. The molecule has 6 aromatic rings. The molecular weight excluding hydrogens is 1260 g/mol. The summed E-state index contributed by atoms with van der Waals surface area (Å²) in [7, 11) is 0. The van der Waals surface area contributed by atoms with E-state index in [1.165, 1.54) is 9.80 Å². The van der Waals surface area contributed by atoms with Crippen LogP contribution in [0.4, 0.5) is 0 Å². The summed E-state index contributed by atoms with van der Waals surface area (Å²) in [6.07, 6.45) is -0.106. The molecule has 98 heavy (non-hydrogen) atoms. The van der Waals surface area contributed by atoms with E-state index in [1.54, 1.807) is 135 Å². The predicted molar refractivity (Wildman–Crippen MR) is 356 cm³/mol. The predicted octanol–water partition coefficient (Wildman–Crippen LogP) is 1.44. The zero-order valence-corrected chi connectivity index (χ0v) is 54.4. The standard InChI is InChI=1S/C70H83N13O15/c1-39(2)31-50-63(91)79-54(36-58(71)84)67(95)78-52(34-42-37-72-46-21-11-9-19-44(42)46)65(93)75-49(26-28-60(87)88)62(90)81-55(33-41-17-7-4-8-18-41)69(97)83-30-14-24-57(83)70(98)82-29-13-23-56(82)68(96)80-51(32-40-15-5-3-6-16-40)64(92)74-48(25-27-59(85)86)61(89)77-53(66(94)76-50)35-43-38-73-47-22-12-10-20-45(43)47/h3-12,15-22,37-39,48-57,72-73H,13-14,23-36H2,1-2H3,(H2,71,84)(H,74,92)(H,75,93)(H,76,94)(H,77,89)(H,78,95)(H,79,91)(H,80,96)(H,81,90)(H,85,86)(H,87,88)/t48-,49-,50-,51-,52-,53-,54-,55-,56-,57+/m0/s1. The second kappa shape index (κ2) is 33.2. The number of nitrogens with zero attached hydrogens (tertiary/aromatic N) is 2. The van der Waals surface area contributed by atoms with Gasteiger partial charge in [-0.1, -0.05) is 111 Å². The Balaban J connectivity index is 1.12. The van der Waals surface area contributed by atoms with Crippen LogP contribution in [0.1, 0.15) is 100 Å². The molecular formula is C70H83N13O15. The maximum atomic E-state index is 15.2. The molecule has 0 unspecified atom stereocenters. The third-order valence-electron chi connectivity index (χ3n) is 17.9. The second-order valence-corrected chi connectivity index (χ2v) is 25.5. The Bertz CT molecular complexity index is 3930. The fraction of sp³-hybridized carbons (Fsp3) is 0.414. The number of para-hydroxylation sites is 2. The van der Waals surface area contributed by atoms with Gasteiger partial charge in [0.05, 0.1) is 6.42 Å². The van der Waals surface area contributed by atoms with Crippen LogP contribution >= 0.6 is 0 Å². The largest absolute Gasteiger partial charge is 0.481 e. The van der Waals surface area contributed by atoms with Gasteiger partial charge in [0.15, 0.2) is 0 Å². The van der Waals surface area contributed by atoms with Gasteiger partial charge in [0, 0.05) is 85.8 Å². The average molecular weight is 1350 g/mol. The molecule has 0 spiro atoms. The number of benzene rings is 4. The number of amides is 11. The maximum Gasteiger partial charge on any atom is 0.303 e. The number of primary amides is 1. The maximum absolute atomic E-state index is 15.2. The van der Waals surface area contributed by atoms with Crippen molar-refractivity contribution in [2.24, 2.45) is 11.7 Å². The summed E-state index contributed by atoms with van der Waals surface area (Å²) in [5.41, 5.74) is 9.15. The molecule has 11 amide bonds. The van der Waals surface area contributed by atoms with Crippen LogP contribution < -0.4 is 48.3 Å². The molecule has 4 aromatic carbocycles. The molecule has 14 N–H and O–H groups in total. The van der Waals surface area contributed by atoms with Gasteiger partial charge in [-0.3, -0.25) is 62.3 Å². The van der Waals surface area contributed by atoms with Gasteiger partial charge >= 0.3 is 11.9 Å². The highest BCUT2D eigenvalue weighted by atomic mass is 16.4. The van der Waals surface area contributed by atoms with Crippen LogP contribution in [0.5, 0.6) is 0 Å². The van der Waals surface area contributed by atoms with Gasteiger partial charge in [0.2, 0.25) is 65.0 Å². The summed E-state index contributed by atoms with van der Waals surface area (Å²) in [5.74, 6) is -13.3. The Hall–Kier alpha value is -10.9. The van der Waals surface area contributed by atoms with E-state index >= 15 is 19.2 Å². The number of hydrogen-bond acceptors (Lipinski definition) is 13. The summed E-state index contributed by atoms with van der Waals surface area (Å²) >= 11 is 0. The number of nitrogens with one attached hydrogen (secondary N) is 10. The van der Waals surface area contributed by atoms with E-state index in [0.717, 1.165) is 0 Å². The first-order valence-electron chi connectivity index (χ1n) is 32.9. The van der Waals surface area contributed by atoms with Gasteiger partial charge in [-0.2, -0.15) is 0 Å². The van der Waals surface area contributed by atoms with Crippen LogP contribution in [0.25, 0.3) is 21.8 Å². The lowest BCUT2D eigenvalue weighted by atomic mass is 9.99. The van der Waals surface area contributed by atoms with Crippen molar-refractivity contribution < 1.29 is 72.5 Å². The highest BCUT2D eigenvalue weighted by Crippen LogP contribution is 2.28. The average Bonchev–Trinajstić information content (AvgIpc) is 1.61. The van der Waals surface area contributed by atoms with Crippen LogP contribution in [-0.2, 0) is 88.0 Å². The van der Waals surface area contributed by atoms with Crippen molar-refractivity contribution in [1.82, 2.24) is 62.3 Å². The summed E-state index contributed by atoms with van der Waals surface area (Å²) < 4.78 is 0. The molecule has 28 heteroatoms. The van der Waals surface area contributed by atoms with Crippen molar-refractivity contribution in [2.45, 2.75) is 164 Å². The molecule has 5 heterocycles. The van der Waals surface area contributed by atoms with Gasteiger partial charge in [-0.25, -0.2) is 0 Å². The van der Waals surface area contributed by atoms with Crippen LogP contribution in [-0.4, -0.2) is 180 Å². The Labute approximate surface area is 564 Å². The molecule has 518 valence electrons. The molecule has 0 radical (unpaired) electrons. The summed E-state index contributed by atoms with van der Waals surface area (Å²) in [6.45, 7) is 3.57. The van der Waals surface area contributed by atoms with E-state index in [2.05, 4.69) is 52.5 Å². The molecule has 2 aromatic heterocycles. The number of aliphatic carboxylic acids is 2. The number of carbonyl (C=O) groups is 13. The molecule has 3 saturated heterocycles. The molecule has 0 aliphatic carbocycles. The third-order valence-corrected chi connectivity index (χ3v) is 17.9. The first-order valence-corrected chi connectivity index (χ1v) is 32.9. The van der Waals surface area contributed by atoms with Crippen molar-refractivity contribution in [3.8, 4) is 0 Å². The fourth-order valence-corrected chi connectivity index (χ4v) is 12.9. The lowest BCUT2D eigenvalue weighted by Crippen LogP contribution is -2.62. The minimum atomic E-state index is -1.85. The Kier molecular flexibility index (Phi) is 24.1. The molecule has 3 aliphatic rings. The van der Waals surface area contributed by atoms with Crippen LogP contribution in [0.2, 0.25) is 0 Å². The number of aromatic amines is 2. The number of fused-ring (bicyclic) bond motifs is 4. The Morgan fingerprint density at radius 2 is 0.806 bits per heavy atom. The highest BCUT2D eigenvalue weighted by molar-refractivity contribution is 6.01. The van der Waals surface area contributed by atoms with E-state index in [9.17, 15) is 53.4 Å². The minimum Gasteiger partial charge on any atom is -0.481 e. The van der Waals surface area contributed by atoms with Crippen molar-refractivity contribution >= 4 is 98.7 Å². The van der Waals surface area contributed by atoms with E-state index < -0.39 is 169 Å². The van der Waals surface area contributed by atoms with Crippen molar-refractivity contribution in [3.05, 3.63) is 144 Å². The van der Waals surface area contributed by atoms with E-state index in [4.69, 9.17) is 5.73 Å². The highest BCUT2D eigenvalue weighted by Gasteiger charge is 2.45. The lowest BCUT2D eigenvalue weighted by molar-refractivity contribution is -0.148. The number of carboxylic acids is 2. The number of nitrogens with two attached hydrogens (primary N) is 1. The van der Waals surface area contributed by atoms with E-state index in [1.807, 2.05) is 0 Å². The normalized spacial score (nSPS) is 23.9. The zero-order chi connectivity index (χ0) is 70.2. The van der Waals surface area contributed by atoms with Crippen LogP contribution in [0, 0.1) is 5.92 Å². The quantitative estimate of drug-likeness (QED) is 0.0579. The Morgan fingerprint density at radius 1 is 0.439 bits per heavy atom. The van der Waals surface area contributed by atoms with Gasteiger partial charge in [0.25, 0.3) is 0 Å². The molecule has 28 nitrogen and oxygen atoms in total. The first kappa shape index (κ1) is 71.4. The van der Waals surface area contributed by atoms with Crippen molar-refractivity contribution in [1.29, 1.82) is 0 Å². The van der Waals surface area contributed by atoms with E-state index in [-0.39, 0.29) is 64.0 Å². The fourth-order valence-electron chi connectivity index (χ4n) is 12.9. The topological polar surface area (TPSA) is 423 Å². The SMILES string of the molecule is CC(C)C[C@@H]1NC(=O)[C@H](Cc2c[nH]c3ccccc23)NC(=O)[C@H](CCC(=O)O)NC(=O)[C@H](Cc2ccccc2)NC(=O)[C@@H]2CCCN2C(=O)[C@H]2CCCN2C(=O)[C@H](Cc2ccccc2)NC(=O)[C@H](CCC(=O)O)NC(=O)[C@H](Cc2c[nH]c3ccccc23)NC(=O)[C@H](CC(N)=O)NC1=O. The van der Waals surface area contributed by atoms with Gasteiger partial charge in [-0.05, 0) is 85.3 Å². The van der Waals surface area contributed by atoms with Crippen LogP contribution in [0.15, 0.2) is 122 Å². The van der Waals surface area contributed by atoms with Crippen molar-refractivity contribution in [2.75, 3.05) is 13.1 Å². The number of rotatable bonds is 18. The monoisotopic (exact) mass is 1350 g/mol. The zero-order valence-electron chi connectivity index (χ0n) is 54.4. The second-order valence-electron chi connectivity index (χ2n) is 25.5. The smallest absolute Gasteiger partial charge is 0.303 e. The van der Waals surface area contributed by atoms with Crippen LogP contribution in [0.3, 0.4) is 0 Å². The molecule has 0 bridgehead atoms. The Morgan fingerprint density at radius 3 is 1.29 bits per heavy atom. The van der Waals surface area contributed by atoms with E-state index in [0.29, 0.717) is 56.9 Å². The molecule has 9 rings (SSSR count). The number of carboxylic acid groups (broad SMARTS) is 2. The number of carbonyl (C=O) groups excluding carboxylic acids is 11. The molecule has 3 aliphatic heterocycles. The number of hydrogen-bond donors (Lipinski definition) is 13. The van der Waals surface area contributed by atoms with Gasteiger partial charge in [-0.15, -0.1) is 0 Å².